The monoisotopic (exact) mass is 1900 g/mol. The third-order valence-corrected chi connectivity index (χ3v) is 20.4. The lowest BCUT2D eigenvalue weighted by Crippen LogP contribution is -2.68. The molecule has 5 saturated heterocycles. The van der Waals surface area contributed by atoms with Crippen LogP contribution < -0.4 is 16.0 Å². The summed E-state index contributed by atoms with van der Waals surface area (Å²) in [6, 6.07) is 8.82. The molecule has 9 rings (SSSR count). The maximum Gasteiger partial charge on any atom is 0.303 e. The molecule has 8 heterocycles. The minimum absolute atomic E-state index is 0.0155. The molecule has 6 N–H and O–H groups in total. The highest BCUT2D eigenvalue weighted by Crippen LogP contribution is 2.42. The molecule has 0 aliphatic carbocycles. The van der Waals surface area contributed by atoms with Gasteiger partial charge < -0.3 is 159 Å². The molecule has 0 spiro atoms. The van der Waals surface area contributed by atoms with E-state index < -0.39 is 132 Å². The molecule has 5 aliphatic rings. The first-order chi connectivity index (χ1) is 64.2. The van der Waals surface area contributed by atoms with Crippen LogP contribution in [0.2, 0.25) is 0 Å². The van der Waals surface area contributed by atoms with Crippen molar-refractivity contribution in [3.63, 3.8) is 0 Å². The first-order valence-electron chi connectivity index (χ1n) is 44.3. The Bertz CT molecular complexity index is 4030. The highest BCUT2D eigenvalue weighted by atomic mass is 16.8. The largest absolute Gasteiger partial charge is 0.458 e. The number of nitrogens with one attached hydrogen (secondary N) is 3. The summed E-state index contributed by atoms with van der Waals surface area (Å²) in [5, 5.41) is 65.9. The van der Waals surface area contributed by atoms with E-state index in [0.717, 1.165) is 12.5 Å². The number of hydrogen-bond acceptors (Lipinski definition) is 43. The van der Waals surface area contributed by atoms with Crippen LogP contribution in [0.3, 0.4) is 0 Å². The number of amides is 3. The highest BCUT2D eigenvalue weighted by Gasteiger charge is 2.64. The summed E-state index contributed by atoms with van der Waals surface area (Å²) in [6.45, 7) is 15.8. The molecule has 16 atom stereocenters. The van der Waals surface area contributed by atoms with E-state index in [1.807, 2.05) is 30.3 Å². The van der Waals surface area contributed by atoms with E-state index in [9.17, 15) is 48.9 Å². The number of aliphatic hydroxyl groups excluding tert-OH is 2. The predicted molar refractivity (Wildman–Crippen MR) is 448 cm³/mol. The van der Waals surface area contributed by atoms with Crippen molar-refractivity contribution < 1.29 is 177 Å². The normalized spacial score (nSPS) is 24.1. The van der Waals surface area contributed by atoms with Gasteiger partial charge in [-0.2, -0.15) is 0 Å². The van der Waals surface area contributed by atoms with Gasteiger partial charge in [0.1, 0.15) is 47.0 Å². The summed E-state index contributed by atoms with van der Waals surface area (Å²) in [7, 11) is 0. The number of rotatable bonds is 71. The number of carbonyl (C=O) groups is 7. The number of benzene rings is 1. The molecular weight excluding hydrogens is 1770 g/mol. The average molecular weight is 1900 g/mol. The first kappa shape index (κ1) is 109. The summed E-state index contributed by atoms with van der Waals surface area (Å²) in [6.07, 6.45) is -5.85. The van der Waals surface area contributed by atoms with Gasteiger partial charge in [0.25, 0.3) is 0 Å². The van der Waals surface area contributed by atoms with Gasteiger partial charge in [-0.1, -0.05) is 46.0 Å². The number of carbonyl (C=O) groups excluding carboxylic acids is 7. The lowest BCUT2D eigenvalue weighted by molar-refractivity contribution is -0.291. The van der Waals surface area contributed by atoms with E-state index in [2.05, 4.69) is 46.9 Å². The molecular formula is C84H132N12O37. The Morgan fingerprint density at radius 2 is 0.865 bits per heavy atom. The SMILES string of the molecule is CC(=O)NC1OCC(O)(COCCOCCOCCOCCn2cc(COCC(COCc3cn(CCOCCOCCOCCOCC45COC(CC(OC(C)=O)C4OC(C)=O)O5)nn3)(COCc3cn(CCOCCOCCOCCOCC45COC(O4)C(NC(C)=O)C(OC(C)O)C5OC(C)=O)nn3)NC(=O)CCCOCc3ccccc3)nn2)C(OC(C)=O)C1OC(C)O. The molecule has 49 heteroatoms. The summed E-state index contributed by atoms with van der Waals surface area (Å²) in [5.74, 6) is -3.62. The van der Waals surface area contributed by atoms with Crippen LogP contribution in [0, 0.1) is 0 Å². The molecule has 3 amide bonds. The Morgan fingerprint density at radius 3 is 1.32 bits per heavy atom. The Hall–Kier alpha value is -8.11. The van der Waals surface area contributed by atoms with Crippen LogP contribution in [0.25, 0.3) is 0 Å². The molecule has 4 bridgehead atoms. The molecule has 3 aromatic heterocycles. The van der Waals surface area contributed by atoms with Crippen molar-refractivity contribution in [3.05, 3.63) is 71.6 Å². The van der Waals surface area contributed by atoms with E-state index in [0.29, 0.717) is 82.8 Å². The van der Waals surface area contributed by atoms with Crippen molar-refractivity contribution >= 4 is 41.6 Å². The van der Waals surface area contributed by atoms with E-state index in [1.165, 1.54) is 48.5 Å². The van der Waals surface area contributed by atoms with E-state index >= 15 is 0 Å². The van der Waals surface area contributed by atoms with Gasteiger partial charge in [-0.15, -0.1) is 15.3 Å². The highest BCUT2D eigenvalue weighted by molar-refractivity contribution is 5.77. The fraction of sp³-hybridized carbons (Fsp3) is 0.774. The van der Waals surface area contributed by atoms with Crippen molar-refractivity contribution in [3.8, 4) is 0 Å². The fourth-order valence-electron chi connectivity index (χ4n) is 14.6. The number of ether oxygens (including phenoxy) is 27. The van der Waals surface area contributed by atoms with Crippen LogP contribution in [0.4, 0.5) is 0 Å². The number of nitrogens with zero attached hydrogens (tertiary/aromatic N) is 9. The second-order valence-electron chi connectivity index (χ2n) is 32.0. The first-order valence-corrected chi connectivity index (χ1v) is 44.3. The van der Waals surface area contributed by atoms with Crippen molar-refractivity contribution in [1.29, 1.82) is 0 Å². The van der Waals surface area contributed by atoms with Crippen LogP contribution >= 0.6 is 0 Å². The van der Waals surface area contributed by atoms with E-state index in [-0.39, 0.29) is 210 Å². The van der Waals surface area contributed by atoms with Crippen LogP contribution in [0.5, 0.6) is 0 Å². The minimum atomic E-state index is -1.90. The predicted octanol–water partition coefficient (Wildman–Crippen LogP) is -1.99. The number of aliphatic hydroxyl groups is 3. The lowest BCUT2D eigenvalue weighted by atomic mass is 9.87. The quantitative estimate of drug-likeness (QED) is 0.0121. The van der Waals surface area contributed by atoms with Gasteiger partial charge in [0, 0.05) is 61.0 Å². The third-order valence-electron chi connectivity index (χ3n) is 20.4. The lowest BCUT2D eigenvalue weighted by Gasteiger charge is -2.46. The summed E-state index contributed by atoms with van der Waals surface area (Å²) < 4.78 is 162. The molecule has 16 unspecified atom stereocenters. The van der Waals surface area contributed by atoms with Crippen molar-refractivity contribution in [2.45, 2.75) is 217 Å². The summed E-state index contributed by atoms with van der Waals surface area (Å²) in [4.78, 5) is 86.2. The van der Waals surface area contributed by atoms with Crippen molar-refractivity contribution in [2.75, 3.05) is 205 Å². The van der Waals surface area contributed by atoms with Gasteiger partial charge in [-0.05, 0) is 25.8 Å². The topological polar surface area (TPSA) is 558 Å². The molecule has 750 valence electrons. The molecule has 0 radical (unpaired) electrons. The van der Waals surface area contributed by atoms with E-state index in [1.54, 1.807) is 32.6 Å². The zero-order valence-electron chi connectivity index (χ0n) is 76.8. The van der Waals surface area contributed by atoms with Gasteiger partial charge in [-0.3, -0.25) is 33.6 Å². The van der Waals surface area contributed by atoms with E-state index in [4.69, 9.17) is 128 Å². The molecule has 5 fully saturated rings. The second kappa shape index (κ2) is 58.5. The average Bonchev–Trinajstić information content (AvgIpc) is 1.60. The van der Waals surface area contributed by atoms with Crippen molar-refractivity contribution in [1.82, 2.24) is 60.9 Å². The smallest absolute Gasteiger partial charge is 0.303 e. The van der Waals surface area contributed by atoms with Gasteiger partial charge in [0.15, 0.2) is 66.5 Å². The number of esters is 4. The maximum absolute atomic E-state index is 14.2. The fourth-order valence-corrected chi connectivity index (χ4v) is 14.6. The van der Waals surface area contributed by atoms with Crippen LogP contribution in [0.15, 0.2) is 48.9 Å². The number of hydrogen-bond donors (Lipinski definition) is 6. The minimum Gasteiger partial charge on any atom is -0.458 e. The number of aromatic nitrogens is 9. The summed E-state index contributed by atoms with van der Waals surface area (Å²) in [5.41, 5.74) is -3.20. The summed E-state index contributed by atoms with van der Waals surface area (Å²) >= 11 is 0. The molecule has 49 nitrogen and oxygen atoms in total. The molecule has 4 aromatic rings. The van der Waals surface area contributed by atoms with Gasteiger partial charge in [0.05, 0.1) is 263 Å². The second-order valence-corrected chi connectivity index (χ2v) is 32.0. The van der Waals surface area contributed by atoms with Crippen LogP contribution in [0.1, 0.15) is 97.3 Å². The Balaban J connectivity index is 0.706. The third kappa shape index (κ3) is 38.8. The van der Waals surface area contributed by atoms with Crippen LogP contribution in [-0.2, 0) is 208 Å². The molecule has 0 saturated carbocycles. The standard InChI is InChI=1S/C84H132N12O37/c1-58(97)85-73-74(127-61(4)100)78(131-65(8)104)84(57-125-80(73)133-84)55-119-40-37-115-34-31-112-28-25-109-22-18-96-44-69(90-93-96)48-122-51-81(87-71(105)15-12-19-116-45-66-13-10-9-11-14-66,50-121-47-68-43-95(92-89-68)17-21-108-24-27-111-30-33-114-36-39-118-54-83-56-123-72(132-83)41-70(126-60(3)99)76(83)129-63(6)102)49-120-46-67-42-94(91-88-67)16-20-107-23-26-110-29-32-113-35-38-117-52-82(106)53-124-79(86-59(2)98)75(128-62(5)101)77(82)130-64(7)103/h9-11,13-14,42-44,61-62,70,72-80,100-101,106H,12,15-41,45-57H2,1-8H3,(H,85,97)(H,86,98)(H,87,105). The van der Waals surface area contributed by atoms with Crippen LogP contribution in [-0.4, -0.2) is 403 Å². The Labute approximate surface area is 769 Å². The van der Waals surface area contributed by atoms with Gasteiger partial charge >= 0.3 is 23.9 Å². The Morgan fingerprint density at radius 1 is 0.451 bits per heavy atom. The molecule has 133 heavy (non-hydrogen) atoms. The van der Waals surface area contributed by atoms with Crippen molar-refractivity contribution in [2.24, 2.45) is 0 Å². The van der Waals surface area contributed by atoms with Gasteiger partial charge in [0.2, 0.25) is 17.7 Å². The zero-order valence-corrected chi connectivity index (χ0v) is 76.8. The number of fused-ring (bicyclic) bond motifs is 4. The van der Waals surface area contributed by atoms with Gasteiger partial charge in [-0.25, -0.2) is 14.0 Å². The molecule has 5 aliphatic heterocycles. The zero-order chi connectivity index (χ0) is 95.1. The Kier molecular flexibility index (Phi) is 47.7. The maximum atomic E-state index is 14.2. The molecule has 1 aromatic carbocycles.